The van der Waals surface area contributed by atoms with Crippen LogP contribution in [0.15, 0.2) is 48.4 Å². The van der Waals surface area contributed by atoms with Crippen LogP contribution in [0.2, 0.25) is 0 Å². The predicted octanol–water partition coefficient (Wildman–Crippen LogP) is 2.04. The van der Waals surface area contributed by atoms with Gasteiger partial charge < -0.3 is 21.7 Å². The topological polar surface area (TPSA) is 112 Å². The van der Waals surface area contributed by atoms with Crippen LogP contribution in [0.1, 0.15) is 11.1 Å². The number of anilines is 2. The van der Waals surface area contributed by atoms with Crippen molar-refractivity contribution in [2.75, 3.05) is 18.1 Å². The molecule has 7 nitrogen and oxygen atoms in total. The monoisotopic (exact) mass is 345 g/mol. The van der Waals surface area contributed by atoms with E-state index in [1.54, 1.807) is 19.4 Å². The van der Waals surface area contributed by atoms with Crippen molar-refractivity contribution in [2.45, 2.75) is 13.1 Å². The van der Waals surface area contributed by atoms with Gasteiger partial charge in [-0.1, -0.05) is 41.9 Å². The van der Waals surface area contributed by atoms with Gasteiger partial charge in [0.15, 0.2) is 0 Å². The number of nitrogen functional groups attached to an aromatic ring is 1. The summed E-state index contributed by atoms with van der Waals surface area (Å²) in [6.07, 6.45) is 3.20. The normalized spacial score (nSPS) is 11.2. The number of nitrogens with one attached hydrogen (secondary N) is 4. The minimum absolute atomic E-state index is 0.153. The molecule has 0 aliphatic heterocycles. The van der Waals surface area contributed by atoms with Gasteiger partial charge >= 0.3 is 0 Å². The van der Waals surface area contributed by atoms with E-state index in [4.69, 9.17) is 22.7 Å². The highest BCUT2D eigenvalue weighted by molar-refractivity contribution is 6.68. The lowest BCUT2D eigenvalue weighted by molar-refractivity contribution is 0.691. The van der Waals surface area contributed by atoms with Crippen LogP contribution in [-0.2, 0) is 13.1 Å². The lowest BCUT2D eigenvalue weighted by Gasteiger charge is -2.10. The van der Waals surface area contributed by atoms with Crippen molar-refractivity contribution >= 4 is 28.5 Å². The van der Waals surface area contributed by atoms with E-state index >= 15 is 0 Å². The van der Waals surface area contributed by atoms with Gasteiger partial charge in [-0.15, -0.1) is 0 Å². The summed E-state index contributed by atoms with van der Waals surface area (Å²) in [5, 5.41) is 16.3. The summed E-state index contributed by atoms with van der Waals surface area (Å²) in [6.45, 7) is 1.30. The number of allylic oxidation sites excluding steroid dienone is 1. The lowest BCUT2D eigenvalue weighted by Crippen LogP contribution is -2.16. The molecule has 2 rings (SSSR count). The molecule has 0 fully saturated rings. The summed E-state index contributed by atoms with van der Waals surface area (Å²) >= 11 is 5.69. The first-order chi connectivity index (χ1) is 11.6. The van der Waals surface area contributed by atoms with Crippen molar-refractivity contribution in [3.8, 4) is 0 Å². The predicted molar refractivity (Wildman–Crippen MR) is 97.8 cm³/mol. The molecule has 126 valence electrons. The summed E-state index contributed by atoms with van der Waals surface area (Å²) in [4.78, 5) is 8.40. The van der Waals surface area contributed by atoms with Crippen LogP contribution in [-0.4, -0.2) is 22.2 Å². The average Bonchev–Trinajstić information content (AvgIpc) is 2.57. The van der Waals surface area contributed by atoms with Crippen molar-refractivity contribution in [1.82, 2.24) is 20.6 Å². The van der Waals surface area contributed by atoms with Gasteiger partial charge in [-0.2, -0.15) is 4.98 Å². The quantitative estimate of drug-likeness (QED) is 0.468. The van der Waals surface area contributed by atoms with Gasteiger partial charge in [0.1, 0.15) is 11.0 Å². The van der Waals surface area contributed by atoms with E-state index in [-0.39, 0.29) is 11.1 Å². The summed E-state index contributed by atoms with van der Waals surface area (Å²) in [5.41, 5.74) is 8.32. The van der Waals surface area contributed by atoms with Crippen LogP contribution < -0.4 is 21.7 Å². The summed E-state index contributed by atoms with van der Waals surface area (Å²) in [7, 11) is 1.71. The molecule has 0 atom stereocenters. The average molecular weight is 346 g/mol. The standard InChI is InChI=1S/C16H20ClN7/c1-20-10-13(14(17)18)23-16-22-9-12(15(19)24-16)8-21-7-11-5-3-2-4-6-11/h2-6,9-10,18,20-21H,7-8H2,1H3,(H3,19,22,23,24)/b13-10+,18-14?. The minimum atomic E-state index is -0.153. The Balaban J connectivity index is 1.96. The molecule has 8 heteroatoms. The zero-order valence-electron chi connectivity index (χ0n) is 13.3. The molecule has 1 aromatic heterocycles. The fourth-order valence-corrected chi connectivity index (χ4v) is 2.07. The Hall–Kier alpha value is -2.64. The van der Waals surface area contributed by atoms with Gasteiger partial charge in [0.2, 0.25) is 5.95 Å². The van der Waals surface area contributed by atoms with Gasteiger partial charge in [-0.05, 0) is 5.56 Å². The molecule has 0 aliphatic rings. The van der Waals surface area contributed by atoms with Crippen LogP contribution in [0.25, 0.3) is 0 Å². The van der Waals surface area contributed by atoms with Gasteiger partial charge in [-0.3, -0.25) is 5.41 Å². The first-order valence-electron chi connectivity index (χ1n) is 7.35. The van der Waals surface area contributed by atoms with E-state index < -0.39 is 0 Å². The van der Waals surface area contributed by atoms with Gasteiger partial charge in [0.05, 0.1) is 5.70 Å². The van der Waals surface area contributed by atoms with Crippen molar-refractivity contribution in [3.05, 3.63) is 59.6 Å². The highest BCUT2D eigenvalue weighted by Gasteiger charge is 2.08. The SMILES string of the molecule is CN/C=C(/Nc1ncc(CNCc2ccccc2)c(N)n1)C(=N)Cl. The zero-order chi connectivity index (χ0) is 17.4. The maximum absolute atomic E-state index is 7.47. The zero-order valence-corrected chi connectivity index (χ0v) is 14.1. The number of nitrogens with two attached hydrogens (primary N) is 1. The third-order valence-electron chi connectivity index (χ3n) is 3.16. The van der Waals surface area contributed by atoms with E-state index in [1.807, 2.05) is 18.2 Å². The Labute approximate surface area is 145 Å². The van der Waals surface area contributed by atoms with Crippen molar-refractivity contribution in [2.24, 2.45) is 0 Å². The van der Waals surface area contributed by atoms with Gasteiger partial charge in [-0.25, -0.2) is 4.98 Å². The first kappa shape index (κ1) is 17.7. The smallest absolute Gasteiger partial charge is 0.229 e. The molecule has 1 heterocycles. The highest BCUT2D eigenvalue weighted by atomic mass is 35.5. The Kier molecular flexibility index (Phi) is 6.53. The number of hydrogen-bond acceptors (Lipinski definition) is 7. The summed E-state index contributed by atoms with van der Waals surface area (Å²) < 4.78 is 0. The number of rotatable bonds is 8. The molecule has 0 saturated heterocycles. The Morgan fingerprint density at radius 1 is 1.29 bits per heavy atom. The van der Waals surface area contributed by atoms with Crippen molar-refractivity contribution in [1.29, 1.82) is 5.41 Å². The number of benzene rings is 1. The van der Waals surface area contributed by atoms with Crippen LogP contribution in [0.5, 0.6) is 0 Å². The molecule has 0 radical (unpaired) electrons. The van der Waals surface area contributed by atoms with E-state index in [0.29, 0.717) is 18.1 Å². The third kappa shape index (κ3) is 5.22. The summed E-state index contributed by atoms with van der Waals surface area (Å²) in [6, 6.07) is 10.1. The molecule has 0 saturated carbocycles. The van der Waals surface area contributed by atoms with E-state index in [1.165, 1.54) is 5.56 Å². The number of hydrogen-bond donors (Lipinski definition) is 5. The molecule has 6 N–H and O–H groups in total. The van der Waals surface area contributed by atoms with Crippen LogP contribution >= 0.6 is 11.6 Å². The molecule has 2 aromatic rings. The van der Waals surface area contributed by atoms with Crippen LogP contribution in [0, 0.1) is 5.41 Å². The first-order valence-corrected chi connectivity index (χ1v) is 7.73. The number of halogens is 1. The molecule has 0 bridgehead atoms. The molecule has 24 heavy (non-hydrogen) atoms. The number of nitrogens with zero attached hydrogens (tertiary/aromatic N) is 2. The van der Waals surface area contributed by atoms with Crippen molar-refractivity contribution in [3.63, 3.8) is 0 Å². The maximum atomic E-state index is 7.47. The molecule has 0 spiro atoms. The van der Waals surface area contributed by atoms with E-state index in [0.717, 1.165) is 12.1 Å². The second kappa shape index (κ2) is 8.85. The summed E-state index contributed by atoms with van der Waals surface area (Å²) in [5.74, 6) is 0.657. The highest BCUT2D eigenvalue weighted by Crippen LogP contribution is 2.12. The largest absolute Gasteiger partial charge is 0.392 e. The maximum Gasteiger partial charge on any atom is 0.229 e. The Morgan fingerprint density at radius 2 is 2.04 bits per heavy atom. The molecule has 0 amide bonds. The molecular weight excluding hydrogens is 326 g/mol. The van der Waals surface area contributed by atoms with Crippen LogP contribution in [0.3, 0.4) is 0 Å². The number of aromatic nitrogens is 2. The van der Waals surface area contributed by atoms with E-state index in [2.05, 4.69) is 38.1 Å². The second-order valence-electron chi connectivity index (χ2n) is 4.98. The second-order valence-corrected chi connectivity index (χ2v) is 5.36. The van der Waals surface area contributed by atoms with Crippen molar-refractivity contribution < 1.29 is 0 Å². The molecular formula is C16H20ClN7. The fourth-order valence-electron chi connectivity index (χ4n) is 1.97. The van der Waals surface area contributed by atoms with Crippen LogP contribution in [0.4, 0.5) is 11.8 Å². The molecule has 0 unspecified atom stereocenters. The minimum Gasteiger partial charge on any atom is -0.392 e. The Bertz CT molecular complexity index is 716. The molecule has 1 aromatic carbocycles. The molecule has 0 aliphatic carbocycles. The Morgan fingerprint density at radius 3 is 2.67 bits per heavy atom. The van der Waals surface area contributed by atoms with Gasteiger partial charge in [0.25, 0.3) is 0 Å². The van der Waals surface area contributed by atoms with E-state index in [9.17, 15) is 0 Å². The third-order valence-corrected chi connectivity index (χ3v) is 3.36. The fraction of sp³-hybridized carbons (Fsp3) is 0.188. The lowest BCUT2D eigenvalue weighted by atomic mass is 10.2. The van der Waals surface area contributed by atoms with Gasteiger partial charge in [0, 0.05) is 38.1 Å².